The summed E-state index contributed by atoms with van der Waals surface area (Å²) >= 11 is 0. The number of nitrogens with zero attached hydrogens (tertiary/aromatic N) is 4. The molecule has 1 atom stereocenters. The Morgan fingerprint density at radius 3 is 2.54 bits per heavy atom. The van der Waals surface area contributed by atoms with Crippen molar-refractivity contribution < 1.29 is 26.3 Å². The molecule has 2 aromatic rings. The highest BCUT2D eigenvalue weighted by Gasteiger charge is 2.34. The molecule has 1 aliphatic rings. The summed E-state index contributed by atoms with van der Waals surface area (Å²) in [7, 11) is -3.73. The first kappa shape index (κ1) is 20.0. The molecule has 2 heterocycles. The van der Waals surface area contributed by atoms with Gasteiger partial charge in [-0.3, -0.25) is 0 Å². The van der Waals surface area contributed by atoms with Crippen LogP contribution < -0.4 is 4.74 Å². The fourth-order valence-electron chi connectivity index (χ4n) is 2.78. The fourth-order valence-corrected chi connectivity index (χ4v) is 4.36. The zero-order valence-corrected chi connectivity index (χ0v) is 15.2. The van der Waals surface area contributed by atoms with Gasteiger partial charge in [0.05, 0.1) is 17.9 Å². The zero-order valence-electron chi connectivity index (χ0n) is 14.4. The third-order valence-electron chi connectivity index (χ3n) is 4.18. The van der Waals surface area contributed by atoms with Crippen LogP contribution in [0.25, 0.3) is 0 Å². The molecule has 1 fully saturated rings. The van der Waals surface area contributed by atoms with E-state index in [1.807, 2.05) is 6.07 Å². The normalized spacial score (nSPS) is 18.0. The lowest BCUT2D eigenvalue weighted by Gasteiger charge is -2.17. The largest absolute Gasteiger partial charge is 0.471 e. The van der Waals surface area contributed by atoms with E-state index in [2.05, 4.69) is 9.97 Å². The van der Waals surface area contributed by atoms with Gasteiger partial charge in [-0.15, -0.1) is 0 Å². The Balaban J connectivity index is 1.64. The number of ether oxygens (including phenoxy) is 1. The van der Waals surface area contributed by atoms with Gasteiger partial charge in [0, 0.05) is 18.9 Å². The topological polar surface area (TPSA) is 96.2 Å². The van der Waals surface area contributed by atoms with Crippen LogP contribution in [0, 0.1) is 11.3 Å². The van der Waals surface area contributed by atoms with Crippen molar-refractivity contribution in [1.29, 1.82) is 5.26 Å². The molecule has 3 rings (SSSR count). The van der Waals surface area contributed by atoms with E-state index in [0.29, 0.717) is 6.42 Å². The molecule has 0 saturated carbocycles. The van der Waals surface area contributed by atoms with Gasteiger partial charge in [0.1, 0.15) is 12.2 Å². The highest BCUT2D eigenvalue weighted by Crippen LogP contribution is 2.29. The van der Waals surface area contributed by atoms with Crippen LogP contribution in [0.15, 0.2) is 36.7 Å². The predicted octanol–water partition coefficient (Wildman–Crippen LogP) is 2.35. The van der Waals surface area contributed by atoms with E-state index in [1.165, 1.54) is 16.7 Å². The van der Waals surface area contributed by atoms with Crippen molar-refractivity contribution in [2.75, 3.05) is 13.1 Å². The summed E-state index contributed by atoms with van der Waals surface area (Å²) in [6.45, 7) is 0.264. The standard InChI is InChI=1S/C17H15F3N4O3S/c18-17(19,20)13-3-1-12(2-4-13)11-28(25,26)24-8-5-14(10-24)27-16-15(9-21)22-6-7-23-16/h1-4,6-7,14H,5,8,10-11H2. The van der Waals surface area contributed by atoms with E-state index in [0.717, 1.165) is 24.3 Å². The molecule has 7 nitrogen and oxygen atoms in total. The number of hydrogen-bond acceptors (Lipinski definition) is 6. The Bertz CT molecular complexity index is 988. The van der Waals surface area contributed by atoms with Crippen LogP contribution in [-0.4, -0.2) is 41.9 Å². The van der Waals surface area contributed by atoms with Crippen molar-refractivity contribution in [2.24, 2.45) is 0 Å². The Labute approximate surface area is 159 Å². The Kier molecular flexibility index (Phi) is 5.53. The van der Waals surface area contributed by atoms with Gasteiger partial charge in [0.15, 0.2) is 0 Å². The molecule has 0 spiro atoms. The SMILES string of the molecule is N#Cc1nccnc1OC1CCN(S(=O)(=O)Cc2ccc(C(F)(F)F)cc2)C1. The molecule has 28 heavy (non-hydrogen) atoms. The minimum Gasteiger partial charge on any atom is -0.471 e. The molecule has 0 aliphatic carbocycles. The fraction of sp³-hybridized carbons (Fsp3) is 0.353. The lowest BCUT2D eigenvalue weighted by molar-refractivity contribution is -0.137. The average Bonchev–Trinajstić information content (AvgIpc) is 3.11. The number of alkyl halides is 3. The van der Waals surface area contributed by atoms with Crippen molar-refractivity contribution in [3.63, 3.8) is 0 Å². The third-order valence-corrected chi connectivity index (χ3v) is 6.00. The summed E-state index contributed by atoms with van der Waals surface area (Å²) in [6.07, 6.45) is -1.86. The van der Waals surface area contributed by atoms with E-state index in [4.69, 9.17) is 10.00 Å². The summed E-state index contributed by atoms with van der Waals surface area (Å²) in [6, 6.07) is 5.88. The monoisotopic (exact) mass is 412 g/mol. The second-order valence-electron chi connectivity index (χ2n) is 6.16. The van der Waals surface area contributed by atoms with E-state index in [-0.39, 0.29) is 30.2 Å². The van der Waals surface area contributed by atoms with Crippen molar-refractivity contribution in [3.05, 3.63) is 53.5 Å². The molecule has 1 saturated heterocycles. The van der Waals surface area contributed by atoms with Crippen molar-refractivity contribution >= 4 is 10.0 Å². The van der Waals surface area contributed by atoms with Gasteiger partial charge in [-0.05, 0) is 24.1 Å². The highest BCUT2D eigenvalue weighted by atomic mass is 32.2. The molecule has 0 amide bonds. The number of rotatable bonds is 5. The molecule has 0 radical (unpaired) electrons. The number of aromatic nitrogens is 2. The zero-order chi connectivity index (χ0) is 20.4. The van der Waals surface area contributed by atoms with Crippen molar-refractivity contribution in [2.45, 2.75) is 24.5 Å². The first-order valence-corrected chi connectivity index (χ1v) is 9.81. The maximum absolute atomic E-state index is 12.6. The molecule has 1 aromatic carbocycles. The van der Waals surface area contributed by atoms with E-state index < -0.39 is 33.6 Å². The Morgan fingerprint density at radius 1 is 1.21 bits per heavy atom. The number of sulfonamides is 1. The maximum atomic E-state index is 12.6. The van der Waals surface area contributed by atoms with Crippen molar-refractivity contribution in [3.8, 4) is 11.9 Å². The molecule has 1 aromatic heterocycles. The van der Waals surface area contributed by atoms with Crippen LogP contribution in [0.2, 0.25) is 0 Å². The molecule has 148 valence electrons. The van der Waals surface area contributed by atoms with E-state index >= 15 is 0 Å². The van der Waals surface area contributed by atoms with Crippen LogP contribution >= 0.6 is 0 Å². The van der Waals surface area contributed by atoms with Gasteiger partial charge >= 0.3 is 6.18 Å². The minimum absolute atomic E-state index is 0.00793. The number of halogens is 3. The second kappa shape index (κ2) is 7.73. The number of hydrogen-bond donors (Lipinski definition) is 0. The molecule has 1 unspecified atom stereocenters. The van der Waals surface area contributed by atoms with E-state index in [9.17, 15) is 21.6 Å². The summed E-state index contributed by atoms with van der Waals surface area (Å²) in [5.41, 5.74) is -0.563. The minimum atomic E-state index is -4.47. The average molecular weight is 412 g/mol. The first-order chi connectivity index (χ1) is 13.2. The summed E-state index contributed by atoms with van der Waals surface area (Å²) in [4.78, 5) is 7.76. The highest BCUT2D eigenvalue weighted by molar-refractivity contribution is 7.88. The smallest absolute Gasteiger partial charge is 0.416 e. The molecule has 1 aliphatic heterocycles. The lowest BCUT2D eigenvalue weighted by Crippen LogP contribution is -2.32. The first-order valence-electron chi connectivity index (χ1n) is 8.21. The van der Waals surface area contributed by atoms with Gasteiger partial charge in [-0.2, -0.15) is 22.7 Å². The van der Waals surface area contributed by atoms with Crippen LogP contribution in [0.1, 0.15) is 23.2 Å². The van der Waals surface area contributed by atoms with Gasteiger partial charge < -0.3 is 4.74 Å². The number of benzene rings is 1. The lowest BCUT2D eigenvalue weighted by atomic mass is 10.1. The van der Waals surface area contributed by atoms with Gasteiger partial charge in [0.2, 0.25) is 15.7 Å². The second-order valence-corrected chi connectivity index (χ2v) is 8.13. The van der Waals surface area contributed by atoms with Crippen LogP contribution in [0.5, 0.6) is 5.88 Å². The summed E-state index contributed by atoms with van der Waals surface area (Å²) in [5, 5.41) is 9.00. The predicted molar refractivity (Wildman–Crippen MR) is 91.4 cm³/mol. The van der Waals surface area contributed by atoms with Crippen LogP contribution in [-0.2, 0) is 22.0 Å². The maximum Gasteiger partial charge on any atom is 0.416 e. The van der Waals surface area contributed by atoms with Crippen LogP contribution in [0.4, 0.5) is 13.2 Å². The van der Waals surface area contributed by atoms with E-state index in [1.54, 1.807) is 0 Å². The quantitative estimate of drug-likeness (QED) is 0.748. The summed E-state index contributed by atoms with van der Waals surface area (Å²) < 4.78 is 69.8. The Hall–Kier alpha value is -2.71. The van der Waals surface area contributed by atoms with Gasteiger partial charge in [0.25, 0.3) is 5.88 Å². The van der Waals surface area contributed by atoms with Gasteiger partial charge in [-0.1, -0.05) is 12.1 Å². The third kappa shape index (κ3) is 4.58. The van der Waals surface area contributed by atoms with Crippen LogP contribution in [0.3, 0.4) is 0 Å². The number of nitriles is 1. The van der Waals surface area contributed by atoms with Gasteiger partial charge in [-0.25, -0.2) is 18.4 Å². The molecule has 0 N–H and O–H groups in total. The Morgan fingerprint density at radius 2 is 1.89 bits per heavy atom. The molecular formula is C17H15F3N4O3S. The summed E-state index contributed by atoms with van der Waals surface area (Å²) in [5.74, 6) is -0.371. The molecular weight excluding hydrogens is 397 g/mol. The van der Waals surface area contributed by atoms with Crippen molar-refractivity contribution in [1.82, 2.24) is 14.3 Å². The molecule has 0 bridgehead atoms. The molecule has 11 heteroatoms.